The van der Waals surface area contributed by atoms with Crippen molar-refractivity contribution in [3.05, 3.63) is 47.0 Å². The van der Waals surface area contributed by atoms with E-state index in [-0.39, 0.29) is 11.9 Å². The van der Waals surface area contributed by atoms with Gasteiger partial charge in [0.15, 0.2) is 0 Å². The van der Waals surface area contributed by atoms with Crippen LogP contribution in [0.25, 0.3) is 0 Å². The Labute approximate surface area is 101 Å². The standard InChI is InChI=1S/C14H17F2N/c1-17-14(10-5-3-2-4-6-10)12-9-11(15)7-8-13(12)16/h5,7-9,14,17H,2-4,6H2,1H3. The van der Waals surface area contributed by atoms with Crippen molar-refractivity contribution in [1.29, 1.82) is 0 Å². The van der Waals surface area contributed by atoms with Crippen molar-refractivity contribution in [1.82, 2.24) is 5.32 Å². The number of halogens is 2. The van der Waals surface area contributed by atoms with Crippen LogP contribution in [0.4, 0.5) is 8.78 Å². The van der Waals surface area contributed by atoms with Crippen LogP contribution in [0, 0.1) is 11.6 Å². The molecule has 0 radical (unpaired) electrons. The Morgan fingerprint density at radius 2 is 2.06 bits per heavy atom. The van der Waals surface area contributed by atoms with Crippen LogP contribution < -0.4 is 5.32 Å². The highest BCUT2D eigenvalue weighted by Gasteiger charge is 2.20. The van der Waals surface area contributed by atoms with E-state index in [1.54, 1.807) is 7.05 Å². The summed E-state index contributed by atoms with van der Waals surface area (Å²) in [5.74, 6) is -0.740. The summed E-state index contributed by atoms with van der Waals surface area (Å²) in [6, 6.07) is 3.43. The molecule has 17 heavy (non-hydrogen) atoms. The minimum absolute atomic E-state index is 0.203. The normalized spacial score (nSPS) is 17.7. The van der Waals surface area contributed by atoms with Gasteiger partial charge >= 0.3 is 0 Å². The first-order valence-corrected chi connectivity index (χ1v) is 6.03. The summed E-state index contributed by atoms with van der Waals surface area (Å²) in [6.45, 7) is 0. The fraction of sp³-hybridized carbons (Fsp3) is 0.429. The molecule has 1 aliphatic carbocycles. The van der Waals surface area contributed by atoms with E-state index in [4.69, 9.17) is 0 Å². The van der Waals surface area contributed by atoms with Crippen LogP contribution in [0.2, 0.25) is 0 Å². The van der Waals surface area contributed by atoms with E-state index in [9.17, 15) is 8.78 Å². The number of hydrogen-bond donors (Lipinski definition) is 1. The van der Waals surface area contributed by atoms with Gasteiger partial charge in [0.25, 0.3) is 0 Å². The summed E-state index contributed by atoms with van der Waals surface area (Å²) in [6.07, 6.45) is 6.45. The lowest BCUT2D eigenvalue weighted by molar-refractivity contribution is 0.535. The van der Waals surface area contributed by atoms with Gasteiger partial charge in [-0.3, -0.25) is 0 Å². The van der Waals surface area contributed by atoms with Crippen LogP contribution >= 0.6 is 0 Å². The second-order valence-electron chi connectivity index (χ2n) is 4.41. The van der Waals surface area contributed by atoms with Crippen molar-refractivity contribution in [3.63, 3.8) is 0 Å². The first-order chi connectivity index (χ1) is 8.22. The molecule has 1 atom stereocenters. The van der Waals surface area contributed by atoms with Crippen LogP contribution in [0.15, 0.2) is 29.8 Å². The minimum atomic E-state index is -0.391. The lowest BCUT2D eigenvalue weighted by Gasteiger charge is -2.23. The third-order valence-electron chi connectivity index (χ3n) is 3.25. The quantitative estimate of drug-likeness (QED) is 0.790. The molecule has 1 nitrogen and oxygen atoms in total. The highest BCUT2D eigenvalue weighted by atomic mass is 19.1. The van der Waals surface area contributed by atoms with Crippen molar-refractivity contribution >= 4 is 0 Å². The first-order valence-electron chi connectivity index (χ1n) is 6.03. The van der Waals surface area contributed by atoms with Gasteiger partial charge in [0.1, 0.15) is 11.6 Å². The zero-order valence-electron chi connectivity index (χ0n) is 9.97. The van der Waals surface area contributed by atoms with Gasteiger partial charge in [0, 0.05) is 5.56 Å². The van der Waals surface area contributed by atoms with Crippen LogP contribution in [-0.2, 0) is 0 Å². The average Bonchev–Trinajstić information content (AvgIpc) is 2.36. The second kappa shape index (κ2) is 5.41. The summed E-state index contributed by atoms with van der Waals surface area (Å²) in [5.41, 5.74) is 1.57. The van der Waals surface area contributed by atoms with E-state index >= 15 is 0 Å². The molecule has 0 heterocycles. The minimum Gasteiger partial charge on any atom is -0.310 e. The molecule has 2 rings (SSSR count). The molecule has 92 valence electrons. The smallest absolute Gasteiger partial charge is 0.128 e. The molecule has 1 N–H and O–H groups in total. The Balaban J connectivity index is 2.34. The van der Waals surface area contributed by atoms with Gasteiger partial charge in [-0.25, -0.2) is 8.78 Å². The molecular weight excluding hydrogens is 220 g/mol. The molecule has 0 fully saturated rings. The molecule has 1 aromatic carbocycles. The molecule has 1 unspecified atom stereocenters. The van der Waals surface area contributed by atoms with Crippen molar-refractivity contribution < 1.29 is 8.78 Å². The zero-order valence-corrected chi connectivity index (χ0v) is 9.97. The third-order valence-corrected chi connectivity index (χ3v) is 3.25. The zero-order chi connectivity index (χ0) is 12.3. The maximum atomic E-state index is 13.7. The van der Waals surface area contributed by atoms with E-state index in [1.165, 1.54) is 24.1 Å². The van der Waals surface area contributed by atoms with Gasteiger partial charge in [0.05, 0.1) is 6.04 Å². The predicted molar refractivity (Wildman–Crippen MR) is 64.7 cm³/mol. The monoisotopic (exact) mass is 237 g/mol. The number of likely N-dealkylation sites (N-methyl/N-ethyl adjacent to an activating group) is 1. The number of nitrogens with one attached hydrogen (secondary N) is 1. The number of hydrogen-bond acceptors (Lipinski definition) is 1. The topological polar surface area (TPSA) is 12.0 Å². The van der Waals surface area contributed by atoms with Gasteiger partial charge < -0.3 is 5.32 Å². The highest BCUT2D eigenvalue weighted by molar-refractivity contribution is 5.30. The fourth-order valence-electron chi connectivity index (χ4n) is 2.40. The first kappa shape index (κ1) is 12.2. The predicted octanol–water partition coefficient (Wildman–Crippen LogP) is 3.73. The Hall–Kier alpha value is -1.22. The lowest BCUT2D eigenvalue weighted by atomic mass is 9.89. The largest absolute Gasteiger partial charge is 0.310 e. The van der Waals surface area contributed by atoms with E-state index in [0.717, 1.165) is 25.3 Å². The van der Waals surface area contributed by atoms with Gasteiger partial charge in [-0.2, -0.15) is 0 Å². The summed E-state index contributed by atoms with van der Waals surface area (Å²) in [4.78, 5) is 0. The van der Waals surface area contributed by atoms with Crippen LogP contribution in [0.1, 0.15) is 37.3 Å². The molecule has 0 saturated carbocycles. The van der Waals surface area contributed by atoms with Crippen molar-refractivity contribution in [2.24, 2.45) is 0 Å². The molecule has 0 saturated heterocycles. The van der Waals surface area contributed by atoms with Gasteiger partial charge in [-0.1, -0.05) is 11.6 Å². The maximum absolute atomic E-state index is 13.7. The molecule has 0 spiro atoms. The molecule has 0 aromatic heterocycles. The van der Waals surface area contributed by atoms with Crippen molar-refractivity contribution in [2.45, 2.75) is 31.7 Å². The van der Waals surface area contributed by atoms with Crippen LogP contribution in [-0.4, -0.2) is 7.05 Å². The Morgan fingerprint density at radius 1 is 1.24 bits per heavy atom. The van der Waals surface area contributed by atoms with E-state index in [0.29, 0.717) is 5.56 Å². The molecule has 3 heteroatoms. The van der Waals surface area contributed by atoms with Crippen molar-refractivity contribution in [2.75, 3.05) is 7.05 Å². The molecule has 0 aliphatic heterocycles. The van der Waals surface area contributed by atoms with Crippen LogP contribution in [0.5, 0.6) is 0 Å². The summed E-state index contributed by atoms with van der Waals surface area (Å²) < 4.78 is 26.9. The summed E-state index contributed by atoms with van der Waals surface area (Å²) in [5, 5.41) is 3.08. The maximum Gasteiger partial charge on any atom is 0.128 e. The Kier molecular flexibility index (Phi) is 3.89. The molecule has 1 aliphatic rings. The third kappa shape index (κ3) is 2.72. The van der Waals surface area contributed by atoms with Crippen molar-refractivity contribution in [3.8, 4) is 0 Å². The SMILES string of the molecule is CNC(C1=CCCCC1)c1cc(F)ccc1F. The number of allylic oxidation sites excluding steroid dienone is 1. The Bertz CT molecular complexity index is 426. The van der Waals surface area contributed by atoms with Crippen LogP contribution in [0.3, 0.4) is 0 Å². The highest BCUT2D eigenvalue weighted by Crippen LogP contribution is 2.31. The van der Waals surface area contributed by atoms with Gasteiger partial charge in [-0.05, 0) is 50.9 Å². The molecule has 0 amide bonds. The molecule has 1 aromatic rings. The summed E-state index contributed by atoms with van der Waals surface area (Å²) in [7, 11) is 1.78. The van der Waals surface area contributed by atoms with E-state index < -0.39 is 5.82 Å². The van der Waals surface area contributed by atoms with E-state index in [1.807, 2.05) is 0 Å². The lowest BCUT2D eigenvalue weighted by Crippen LogP contribution is -2.21. The summed E-state index contributed by atoms with van der Waals surface area (Å²) >= 11 is 0. The fourth-order valence-corrected chi connectivity index (χ4v) is 2.40. The Morgan fingerprint density at radius 3 is 2.71 bits per heavy atom. The van der Waals surface area contributed by atoms with Gasteiger partial charge in [-0.15, -0.1) is 0 Å². The van der Waals surface area contributed by atoms with Gasteiger partial charge in [0.2, 0.25) is 0 Å². The number of benzene rings is 1. The molecular formula is C14H17F2N. The average molecular weight is 237 g/mol. The second-order valence-corrected chi connectivity index (χ2v) is 4.41. The number of rotatable bonds is 3. The molecule has 0 bridgehead atoms. The van der Waals surface area contributed by atoms with E-state index in [2.05, 4.69) is 11.4 Å².